The molecule has 27 heavy (non-hydrogen) atoms. The van der Waals surface area contributed by atoms with Crippen LogP contribution in [0.4, 0.5) is 4.39 Å². The van der Waals surface area contributed by atoms with Crippen molar-refractivity contribution in [1.82, 2.24) is 4.90 Å². The number of rotatable bonds is 6. The third-order valence-corrected chi connectivity index (χ3v) is 5.29. The standard InChI is InChI=1S/C22H27FN2O.ClH/c23-21-8-5-18(6-9-21)15-19-11-13-25(14-12-19)22(26)10-7-17-1-3-20(16-24)4-2-17;/h1-6,8-9,19H,7,10-16,24H2;1H. The fraction of sp³-hybridized carbons (Fsp3) is 0.409. The van der Waals surface area contributed by atoms with Crippen LogP contribution in [0.3, 0.4) is 0 Å². The normalized spacial score (nSPS) is 14.7. The van der Waals surface area contributed by atoms with Crippen LogP contribution in [0, 0.1) is 11.7 Å². The van der Waals surface area contributed by atoms with Crippen LogP contribution >= 0.6 is 12.4 Å². The summed E-state index contributed by atoms with van der Waals surface area (Å²) in [6.45, 7) is 2.21. The number of hydrogen-bond acceptors (Lipinski definition) is 2. The molecule has 3 rings (SSSR count). The molecular formula is C22H28ClFN2O. The Labute approximate surface area is 167 Å². The van der Waals surface area contributed by atoms with Gasteiger partial charge in [-0.1, -0.05) is 36.4 Å². The van der Waals surface area contributed by atoms with Crippen molar-refractivity contribution in [3.05, 3.63) is 71.0 Å². The molecule has 0 atom stereocenters. The van der Waals surface area contributed by atoms with E-state index < -0.39 is 0 Å². The van der Waals surface area contributed by atoms with Crippen LogP contribution < -0.4 is 5.73 Å². The Morgan fingerprint density at radius 3 is 2.11 bits per heavy atom. The number of nitrogens with zero attached hydrogens (tertiary/aromatic N) is 1. The van der Waals surface area contributed by atoms with Crippen molar-refractivity contribution in [2.75, 3.05) is 13.1 Å². The maximum Gasteiger partial charge on any atom is 0.222 e. The maximum atomic E-state index is 13.0. The topological polar surface area (TPSA) is 46.3 Å². The number of benzene rings is 2. The monoisotopic (exact) mass is 390 g/mol. The molecule has 1 aliphatic rings. The summed E-state index contributed by atoms with van der Waals surface area (Å²) in [6.07, 6.45) is 4.35. The number of amides is 1. The van der Waals surface area contributed by atoms with E-state index in [9.17, 15) is 9.18 Å². The Morgan fingerprint density at radius 1 is 0.963 bits per heavy atom. The zero-order valence-electron chi connectivity index (χ0n) is 15.6. The highest BCUT2D eigenvalue weighted by atomic mass is 35.5. The Bertz CT molecular complexity index is 710. The fourth-order valence-corrected chi connectivity index (χ4v) is 3.59. The molecule has 1 fully saturated rings. The van der Waals surface area contributed by atoms with E-state index in [1.807, 2.05) is 29.2 Å². The summed E-state index contributed by atoms with van der Waals surface area (Å²) < 4.78 is 13.0. The maximum absolute atomic E-state index is 13.0. The molecule has 0 radical (unpaired) electrons. The SMILES string of the molecule is Cl.NCc1ccc(CCC(=O)N2CCC(Cc3ccc(F)cc3)CC2)cc1. The Hall–Kier alpha value is -1.91. The summed E-state index contributed by atoms with van der Waals surface area (Å²) >= 11 is 0. The van der Waals surface area contributed by atoms with Gasteiger partial charge in [0.05, 0.1) is 0 Å². The minimum Gasteiger partial charge on any atom is -0.343 e. The molecule has 2 aromatic carbocycles. The molecule has 1 aliphatic heterocycles. The summed E-state index contributed by atoms with van der Waals surface area (Å²) in [7, 11) is 0. The molecule has 1 amide bonds. The number of carbonyl (C=O) groups is 1. The van der Waals surface area contributed by atoms with E-state index in [2.05, 4.69) is 12.1 Å². The van der Waals surface area contributed by atoms with Crippen LogP contribution in [-0.4, -0.2) is 23.9 Å². The van der Waals surface area contributed by atoms with Gasteiger partial charge in [-0.15, -0.1) is 12.4 Å². The van der Waals surface area contributed by atoms with E-state index >= 15 is 0 Å². The molecule has 1 heterocycles. The zero-order valence-corrected chi connectivity index (χ0v) is 16.4. The molecule has 0 bridgehead atoms. The number of aryl methyl sites for hydroxylation is 1. The van der Waals surface area contributed by atoms with Crippen molar-refractivity contribution in [1.29, 1.82) is 0 Å². The lowest BCUT2D eigenvalue weighted by molar-refractivity contribution is -0.132. The summed E-state index contributed by atoms with van der Waals surface area (Å²) in [6, 6.07) is 14.9. The molecule has 0 aliphatic carbocycles. The Kier molecular flexibility index (Phi) is 8.26. The van der Waals surface area contributed by atoms with Crippen LogP contribution in [0.2, 0.25) is 0 Å². The van der Waals surface area contributed by atoms with E-state index in [1.54, 1.807) is 0 Å². The number of piperidine rings is 1. The van der Waals surface area contributed by atoms with E-state index in [4.69, 9.17) is 5.73 Å². The molecule has 0 saturated carbocycles. The summed E-state index contributed by atoms with van der Waals surface area (Å²) in [4.78, 5) is 14.5. The lowest BCUT2D eigenvalue weighted by Crippen LogP contribution is -2.39. The van der Waals surface area contributed by atoms with Crippen molar-refractivity contribution >= 4 is 18.3 Å². The molecule has 0 unspecified atom stereocenters. The lowest BCUT2D eigenvalue weighted by atomic mass is 9.90. The summed E-state index contributed by atoms with van der Waals surface area (Å²) in [5.41, 5.74) is 9.08. The molecule has 5 heteroatoms. The Morgan fingerprint density at radius 2 is 1.52 bits per heavy atom. The zero-order chi connectivity index (χ0) is 18.4. The second-order valence-corrected chi connectivity index (χ2v) is 7.18. The van der Waals surface area contributed by atoms with Gasteiger partial charge in [-0.2, -0.15) is 0 Å². The number of halogens is 2. The van der Waals surface area contributed by atoms with Crippen molar-refractivity contribution in [3.8, 4) is 0 Å². The van der Waals surface area contributed by atoms with Gasteiger partial charge < -0.3 is 10.6 Å². The molecule has 1 saturated heterocycles. The van der Waals surface area contributed by atoms with E-state index in [0.29, 0.717) is 18.9 Å². The highest BCUT2D eigenvalue weighted by molar-refractivity contribution is 5.85. The highest BCUT2D eigenvalue weighted by Gasteiger charge is 2.22. The average molecular weight is 391 g/mol. The van der Waals surface area contributed by atoms with Crippen molar-refractivity contribution in [2.24, 2.45) is 11.7 Å². The van der Waals surface area contributed by atoms with Gasteiger partial charge in [0.25, 0.3) is 0 Å². The first-order valence-electron chi connectivity index (χ1n) is 9.44. The minimum atomic E-state index is -0.188. The van der Waals surface area contributed by atoms with Gasteiger partial charge in [0.15, 0.2) is 0 Å². The molecule has 2 aromatic rings. The number of nitrogens with two attached hydrogens (primary N) is 1. The molecule has 2 N–H and O–H groups in total. The lowest BCUT2D eigenvalue weighted by Gasteiger charge is -2.32. The smallest absolute Gasteiger partial charge is 0.222 e. The number of likely N-dealkylation sites (tertiary alicyclic amines) is 1. The third kappa shape index (κ3) is 6.33. The average Bonchev–Trinajstić information content (AvgIpc) is 2.69. The van der Waals surface area contributed by atoms with E-state index in [-0.39, 0.29) is 24.1 Å². The molecule has 3 nitrogen and oxygen atoms in total. The first-order chi connectivity index (χ1) is 12.6. The first kappa shape index (κ1) is 21.4. The predicted molar refractivity (Wildman–Crippen MR) is 109 cm³/mol. The Balaban J connectivity index is 0.00000261. The van der Waals surface area contributed by atoms with Crippen LogP contribution in [0.5, 0.6) is 0 Å². The molecular weight excluding hydrogens is 363 g/mol. The molecule has 0 spiro atoms. The first-order valence-corrected chi connectivity index (χ1v) is 9.44. The van der Waals surface area contributed by atoms with Gasteiger partial charge in [-0.05, 0) is 60.4 Å². The van der Waals surface area contributed by atoms with Crippen LogP contribution in [0.15, 0.2) is 48.5 Å². The van der Waals surface area contributed by atoms with E-state index in [0.717, 1.165) is 44.3 Å². The van der Waals surface area contributed by atoms with Gasteiger partial charge in [-0.25, -0.2) is 4.39 Å². The second kappa shape index (κ2) is 10.4. The molecule has 146 valence electrons. The largest absolute Gasteiger partial charge is 0.343 e. The number of carbonyl (C=O) groups excluding carboxylic acids is 1. The van der Waals surface area contributed by atoms with Crippen molar-refractivity contribution in [2.45, 2.75) is 38.6 Å². The van der Waals surface area contributed by atoms with Crippen molar-refractivity contribution in [3.63, 3.8) is 0 Å². The quantitative estimate of drug-likeness (QED) is 0.806. The predicted octanol–water partition coefficient (Wildman–Crippen LogP) is 4.12. The fourth-order valence-electron chi connectivity index (χ4n) is 3.59. The third-order valence-electron chi connectivity index (χ3n) is 5.29. The van der Waals surface area contributed by atoms with Crippen molar-refractivity contribution < 1.29 is 9.18 Å². The van der Waals surface area contributed by atoms with Crippen LogP contribution in [0.25, 0.3) is 0 Å². The van der Waals surface area contributed by atoms with Crippen LogP contribution in [-0.2, 0) is 24.2 Å². The van der Waals surface area contributed by atoms with Crippen LogP contribution in [0.1, 0.15) is 36.0 Å². The van der Waals surface area contributed by atoms with Gasteiger partial charge in [0.1, 0.15) is 5.82 Å². The molecule has 0 aromatic heterocycles. The van der Waals surface area contributed by atoms with Gasteiger partial charge in [0.2, 0.25) is 5.91 Å². The van der Waals surface area contributed by atoms with Gasteiger partial charge in [0, 0.05) is 26.1 Å². The number of hydrogen-bond donors (Lipinski definition) is 1. The van der Waals surface area contributed by atoms with E-state index in [1.165, 1.54) is 23.3 Å². The minimum absolute atomic E-state index is 0. The van der Waals surface area contributed by atoms with Gasteiger partial charge in [-0.3, -0.25) is 4.79 Å². The second-order valence-electron chi connectivity index (χ2n) is 7.18. The highest BCUT2D eigenvalue weighted by Crippen LogP contribution is 2.22. The summed E-state index contributed by atoms with van der Waals surface area (Å²) in [5.74, 6) is 0.633. The summed E-state index contributed by atoms with van der Waals surface area (Å²) in [5, 5.41) is 0. The van der Waals surface area contributed by atoms with Gasteiger partial charge >= 0.3 is 0 Å².